The Morgan fingerprint density at radius 3 is 2.70 bits per heavy atom. The van der Waals surface area contributed by atoms with E-state index in [1.165, 1.54) is 11.8 Å². The van der Waals surface area contributed by atoms with E-state index < -0.39 is 0 Å². The Hall–Kier alpha value is -2.85. The molecular formula is C20H26N6O3S. The number of para-hydroxylation sites is 1. The summed E-state index contributed by atoms with van der Waals surface area (Å²) in [6.07, 6.45) is 1.90. The Bertz CT molecular complexity index is 957. The van der Waals surface area contributed by atoms with Crippen molar-refractivity contribution in [3.05, 3.63) is 36.5 Å². The molecule has 1 N–H and O–H groups in total. The zero-order chi connectivity index (χ0) is 21.3. The molecule has 0 aliphatic heterocycles. The van der Waals surface area contributed by atoms with Crippen LogP contribution in [0.3, 0.4) is 0 Å². The fraction of sp³-hybridized carbons (Fsp3) is 0.400. The Balaban J connectivity index is 1.80. The van der Waals surface area contributed by atoms with Crippen molar-refractivity contribution in [1.29, 1.82) is 0 Å². The monoisotopic (exact) mass is 430 g/mol. The van der Waals surface area contributed by atoms with Gasteiger partial charge in [-0.3, -0.25) is 14.0 Å². The largest absolute Gasteiger partial charge is 0.476 e. The third-order valence-electron chi connectivity index (χ3n) is 4.20. The number of ether oxygens (including phenoxy) is 2. The van der Waals surface area contributed by atoms with Crippen molar-refractivity contribution >= 4 is 23.4 Å². The van der Waals surface area contributed by atoms with Crippen molar-refractivity contribution in [3.63, 3.8) is 0 Å². The maximum absolute atomic E-state index is 12.3. The van der Waals surface area contributed by atoms with Gasteiger partial charge in [0.25, 0.3) is 0 Å². The summed E-state index contributed by atoms with van der Waals surface area (Å²) < 4.78 is 14.7. The van der Waals surface area contributed by atoms with Crippen LogP contribution in [0.25, 0.3) is 11.4 Å². The number of carbonyl (C=O) groups excluding carboxylic acids is 1. The molecule has 10 heteroatoms. The third kappa shape index (κ3) is 5.39. The quantitative estimate of drug-likeness (QED) is 0.467. The van der Waals surface area contributed by atoms with Crippen LogP contribution in [-0.2, 0) is 22.6 Å². The van der Waals surface area contributed by atoms with Gasteiger partial charge in [-0.25, -0.2) is 0 Å². The van der Waals surface area contributed by atoms with E-state index in [2.05, 4.69) is 20.6 Å². The van der Waals surface area contributed by atoms with Gasteiger partial charge >= 0.3 is 0 Å². The molecule has 9 nitrogen and oxygen atoms in total. The molecule has 0 atom stereocenters. The fourth-order valence-corrected chi connectivity index (χ4v) is 3.55. The molecule has 3 rings (SSSR count). The summed E-state index contributed by atoms with van der Waals surface area (Å²) in [5.41, 5.74) is 1.53. The van der Waals surface area contributed by atoms with Crippen LogP contribution < -0.4 is 10.1 Å². The highest BCUT2D eigenvalue weighted by atomic mass is 32.2. The molecule has 0 fully saturated rings. The second kappa shape index (κ2) is 10.8. The highest BCUT2D eigenvalue weighted by Crippen LogP contribution is 2.30. The number of thioether (sulfide) groups is 1. The van der Waals surface area contributed by atoms with E-state index in [1.807, 2.05) is 54.9 Å². The molecule has 0 aliphatic carbocycles. The first kappa shape index (κ1) is 21.8. The van der Waals surface area contributed by atoms with E-state index in [4.69, 9.17) is 9.47 Å². The minimum atomic E-state index is -0.108. The van der Waals surface area contributed by atoms with Gasteiger partial charge in [0, 0.05) is 25.5 Å². The van der Waals surface area contributed by atoms with E-state index in [0.29, 0.717) is 43.2 Å². The van der Waals surface area contributed by atoms with Crippen LogP contribution in [0.4, 0.5) is 5.69 Å². The Kier molecular flexibility index (Phi) is 7.86. The summed E-state index contributed by atoms with van der Waals surface area (Å²) in [7, 11) is 1.64. The minimum absolute atomic E-state index is 0.108. The smallest absolute Gasteiger partial charge is 0.243 e. The van der Waals surface area contributed by atoms with Gasteiger partial charge in [-0.2, -0.15) is 0 Å². The topological polar surface area (TPSA) is 96.1 Å². The number of benzene rings is 1. The average Bonchev–Trinajstić information content (AvgIpc) is 3.35. The maximum atomic E-state index is 12.3. The number of anilines is 1. The molecule has 2 heterocycles. The van der Waals surface area contributed by atoms with Crippen LogP contribution >= 0.6 is 11.8 Å². The first-order valence-electron chi connectivity index (χ1n) is 9.76. The number of nitrogens with zero attached hydrogens (tertiary/aromatic N) is 5. The summed E-state index contributed by atoms with van der Waals surface area (Å²) in [4.78, 5) is 12.3. The van der Waals surface area contributed by atoms with Crippen molar-refractivity contribution < 1.29 is 14.3 Å². The van der Waals surface area contributed by atoms with E-state index in [9.17, 15) is 4.79 Å². The molecule has 0 spiro atoms. The van der Waals surface area contributed by atoms with Crippen molar-refractivity contribution in [1.82, 2.24) is 24.5 Å². The molecule has 0 bridgehead atoms. The van der Waals surface area contributed by atoms with Crippen molar-refractivity contribution in [2.24, 2.45) is 0 Å². The summed E-state index contributed by atoms with van der Waals surface area (Å²) in [6, 6.07) is 9.36. The van der Waals surface area contributed by atoms with E-state index in [-0.39, 0.29) is 11.7 Å². The van der Waals surface area contributed by atoms with Crippen molar-refractivity contribution in [2.45, 2.75) is 32.1 Å². The predicted octanol–water partition coefficient (Wildman–Crippen LogP) is 2.94. The lowest BCUT2D eigenvalue weighted by atomic mass is 10.3. The number of aromatic nitrogens is 5. The molecule has 30 heavy (non-hydrogen) atoms. The molecule has 0 saturated heterocycles. The van der Waals surface area contributed by atoms with Gasteiger partial charge in [0.2, 0.25) is 11.8 Å². The zero-order valence-electron chi connectivity index (χ0n) is 17.4. The first-order chi connectivity index (χ1) is 14.7. The van der Waals surface area contributed by atoms with Gasteiger partial charge in [0.1, 0.15) is 5.56 Å². The average molecular weight is 431 g/mol. The van der Waals surface area contributed by atoms with Crippen molar-refractivity contribution in [2.75, 3.05) is 31.4 Å². The third-order valence-corrected chi connectivity index (χ3v) is 5.17. The van der Waals surface area contributed by atoms with E-state index in [0.717, 1.165) is 11.3 Å². The van der Waals surface area contributed by atoms with Crippen LogP contribution in [0.15, 0.2) is 41.7 Å². The van der Waals surface area contributed by atoms with Crippen LogP contribution in [0.2, 0.25) is 0 Å². The van der Waals surface area contributed by atoms with Crippen LogP contribution in [0, 0.1) is 0 Å². The molecule has 1 amide bonds. The number of hydrogen-bond donors (Lipinski definition) is 1. The second-order valence-electron chi connectivity index (χ2n) is 6.29. The number of nitrogens with one attached hydrogen (secondary N) is 1. The fourth-order valence-electron chi connectivity index (χ4n) is 2.79. The summed E-state index contributed by atoms with van der Waals surface area (Å²) >= 11 is 1.33. The van der Waals surface area contributed by atoms with Gasteiger partial charge in [0.05, 0.1) is 25.5 Å². The molecule has 160 valence electrons. The van der Waals surface area contributed by atoms with Gasteiger partial charge in [-0.05, 0) is 26.0 Å². The number of hydrogen-bond acceptors (Lipinski definition) is 7. The summed E-state index contributed by atoms with van der Waals surface area (Å²) in [6.45, 7) is 6.17. The molecule has 0 radical (unpaired) electrons. The summed E-state index contributed by atoms with van der Waals surface area (Å²) in [5.74, 6) is 1.26. The molecule has 3 aromatic rings. The lowest BCUT2D eigenvalue weighted by molar-refractivity contribution is -0.113. The number of carbonyl (C=O) groups is 1. The number of rotatable bonds is 11. The van der Waals surface area contributed by atoms with E-state index >= 15 is 0 Å². The zero-order valence-corrected chi connectivity index (χ0v) is 18.2. The van der Waals surface area contributed by atoms with Gasteiger partial charge in [0.15, 0.2) is 11.0 Å². The lowest BCUT2D eigenvalue weighted by Crippen LogP contribution is -2.15. The maximum Gasteiger partial charge on any atom is 0.243 e. The SMILES string of the molecule is CCOc1nn(CC)cc1-c1nnc(SCC(=O)Nc2ccccc2)n1CCOC. The minimum Gasteiger partial charge on any atom is -0.476 e. The van der Waals surface area contributed by atoms with Crippen molar-refractivity contribution in [3.8, 4) is 17.3 Å². The number of amides is 1. The Labute approximate surface area is 179 Å². The predicted molar refractivity (Wildman–Crippen MR) is 116 cm³/mol. The normalized spacial score (nSPS) is 10.9. The molecule has 0 saturated carbocycles. The summed E-state index contributed by atoms with van der Waals surface area (Å²) in [5, 5.41) is 16.6. The highest BCUT2D eigenvalue weighted by Gasteiger charge is 2.21. The van der Waals surface area contributed by atoms with Gasteiger partial charge in [-0.1, -0.05) is 30.0 Å². The molecule has 0 aliphatic rings. The highest BCUT2D eigenvalue weighted by molar-refractivity contribution is 7.99. The lowest BCUT2D eigenvalue weighted by Gasteiger charge is -2.10. The molecular weight excluding hydrogens is 404 g/mol. The first-order valence-corrected chi connectivity index (χ1v) is 10.7. The molecule has 2 aromatic heterocycles. The molecule has 1 aromatic carbocycles. The van der Waals surface area contributed by atoms with Gasteiger partial charge in [-0.15, -0.1) is 15.3 Å². The van der Waals surface area contributed by atoms with Crippen LogP contribution in [0.5, 0.6) is 5.88 Å². The van der Waals surface area contributed by atoms with Crippen LogP contribution in [-0.4, -0.2) is 56.5 Å². The van der Waals surface area contributed by atoms with Gasteiger partial charge < -0.3 is 14.8 Å². The standard InChI is InChI=1S/C20H26N6O3S/c1-4-25-13-16(19(24-25)29-5-2)18-22-23-20(26(18)11-12-28-3)30-14-17(27)21-15-9-7-6-8-10-15/h6-10,13H,4-5,11-12,14H2,1-3H3,(H,21,27). The van der Waals surface area contributed by atoms with E-state index in [1.54, 1.807) is 11.8 Å². The van der Waals surface area contributed by atoms with Crippen LogP contribution in [0.1, 0.15) is 13.8 Å². The number of methoxy groups -OCH3 is 1. The number of aryl methyl sites for hydroxylation is 1. The Morgan fingerprint density at radius 1 is 1.20 bits per heavy atom. The Morgan fingerprint density at radius 2 is 2.00 bits per heavy atom. The second-order valence-corrected chi connectivity index (χ2v) is 7.23. The molecule has 0 unspecified atom stereocenters.